The summed E-state index contributed by atoms with van der Waals surface area (Å²) in [6.07, 6.45) is 1.63. The molecule has 2 heterocycles. The minimum absolute atomic E-state index is 0.0460. The van der Waals surface area contributed by atoms with E-state index in [9.17, 15) is 4.79 Å². The van der Waals surface area contributed by atoms with Crippen molar-refractivity contribution in [1.29, 1.82) is 0 Å². The molecule has 0 spiro atoms. The van der Waals surface area contributed by atoms with E-state index < -0.39 is 0 Å². The number of benzene rings is 1. The molecule has 2 N–H and O–H groups in total. The first kappa shape index (κ1) is 11.2. The maximum absolute atomic E-state index is 11.3. The first-order valence-corrected chi connectivity index (χ1v) is 7.22. The Morgan fingerprint density at radius 2 is 2.35 bits per heavy atom. The molecule has 5 heteroatoms. The molecule has 1 atom stereocenters. The molecule has 0 aromatic heterocycles. The molecule has 0 aliphatic carbocycles. The van der Waals surface area contributed by atoms with E-state index in [0.717, 1.165) is 22.7 Å². The van der Waals surface area contributed by atoms with Gasteiger partial charge < -0.3 is 10.6 Å². The number of amides is 1. The third-order valence-electron chi connectivity index (χ3n) is 3.11. The van der Waals surface area contributed by atoms with E-state index in [2.05, 4.69) is 10.6 Å². The Balaban J connectivity index is 1.85. The molecular formula is C12H13ClN2OS. The van der Waals surface area contributed by atoms with Gasteiger partial charge in [0.25, 0.3) is 0 Å². The number of halogens is 1. The fraction of sp³-hybridized carbons (Fsp3) is 0.417. The molecule has 0 radical (unpaired) electrons. The van der Waals surface area contributed by atoms with Crippen LogP contribution in [0.25, 0.3) is 0 Å². The summed E-state index contributed by atoms with van der Waals surface area (Å²) in [6, 6.07) is 4.34. The molecule has 1 unspecified atom stereocenters. The van der Waals surface area contributed by atoms with E-state index >= 15 is 0 Å². The van der Waals surface area contributed by atoms with Gasteiger partial charge in [-0.05, 0) is 29.9 Å². The van der Waals surface area contributed by atoms with Crippen LogP contribution in [0.5, 0.6) is 0 Å². The topological polar surface area (TPSA) is 41.1 Å². The molecule has 1 aromatic rings. The van der Waals surface area contributed by atoms with Gasteiger partial charge in [-0.2, -0.15) is 11.8 Å². The summed E-state index contributed by atoms with van der Waals surface area (Å²) in [5.41, 5.74) is 2.84. The molecular weight excluding hydrogens is 256 g/mol. The number of nitrogens with one attached hydrogen (secondary N) is 2. The molecule has 1 fully saturated rings. The van der Waals surface area contributed by atoms with Crippen LogP contribution in [0.2, 0.25) is 5.02 Å². The molecule has 1 amide bonds. The largest absolute Gasteiger partial charge is 0.380 e. The van der Waals surface area contributed by atoms with Crippen LogP contribution in [-0.4, -0.2) is 23.5 Å². The minimum Gasteiger partial charge on any atom is -0.380 e. The van der Waals surface area contributed by atoms with Crippen molar-refractivity contribution in [3.8, 4) is 0 Å². The molecule has 0 bridgehead atoms. The summed E-state index contributed by atoms with van der Waals surface area (Å²) in [5, 5.41) is 6.95. The van der Waals surface area contributed by atoms with Crippen molar-refractivity contribution in [2.45, 2.75) is 18.9 Å². The summed E-state index contributed by atoms with van der Waals surface area (Å²) < 4.78 is 0. The third-order valence-corrected chi connectivity index (χ3v) is 4.58. The van der Waals surface area contributed by atoms with E-state index in [1.807, 2.05) is 23.9 Å². The van der Waals surface area contributed by atoms with E-state index in [-0.39, 0.29) is 5.91 Å². The van der Waals surface area contributed by atoms with Gasteiger partial charge in [0.1, 0.15) is 0 Å². The molecule has 3 rings (SSSR count). The zero-order chi connectivity index (χ0) is 11.8. The molecule has 17 heavy (non-hydrogen) atoms. The summed E-state index contributed by atoms with van der Waals surface area (Å²) in [5.74, 6) is 2.38. The quantitative estimate of drug-likeness (QED) is 0.867. The van der Waals surface area contributed by atoms with Crippen molar-refractivity contribution >= 4 is 40.6 Å². The van der Waals surface area contributed by atoms with Gasteiger partial charge in [0.05, 0.1) is 17.1 Å². The van der Waals surface area contributed by atoms with Crippen molar-refractivity contribution in [3.05, 3.63) is 22.7 Å². The Kier molecular flexibility index (Phi) is 2.92. The van der Waals surface area contributed by atoms with Crippen molar-refractivity contribution in [2.75, 3.05) is 22.1 Å². The maximum Gasteiger partial charge on any atom is 0.228 e. The molecule has 3 nitrogen and oxygen atoms in total. The van der Waals surface area contributed by atoms with Crippen molar-refractivity contribution in [1.82, 2.24) is 0 Å². The minimum atomic E-state index is 0.0460. The van der Waals surface area contributed by atoms with Gasteiger partial charge in [-0.1, -0.05) is 11.6 Å². The van der Waals surface area contributed by atoms with Crippen LogP contribution in [0.1, 0.15) is 12.0 Å². The first-order chi connectivity index (χ1) is 8.22. The second-order valence-corrected chi connectivity index (χ2v) is 5.98. The van der Waals surface area contributed by atoms with Crippen LogP contribution in [0.15, 0.2) is 12.1 Å². The van der Waals surface area contributed by atoms with Crippen LogP contribution >= 0.6 is 23.4 Å². The zero-order valence-electron chi connectivity index (χ0n) is 9.25. The third kappa shape index (κ3) is 2.24. The van der Waals surface area contributed by atoms with E-state index in [4.69, 9.17) is 11.6 Å². The molecule has 90 valence electrons. The second-order valence-electron chi connectivity index (χ2n) is 4.42. The Bertz CT molecular complexity index is 472. The Hall–Kier alpha value is -0.870. The Morgan fingerprint density at radius 1 is 1.47 bits per heavy atom. The Labute approximate surface area is 109 Å². The van der Waals surface area contributed by atoms with E-state index in [1.54, 1.807) is 0 Å². The zero-order valence-corrected chi connectivity index (χ0v) is 10.8. The van der Waals surface area contributed by atoms with Gasteiger partial charge in [-0.15, -0.1) is 0 Å². The number of hydrogen-bond donors (Lipinski definition) is 2. The number of thioether (sulfide) groups is 1. The number of carbonyl (C=O) groups excluding carboxylic acids is 1. The van der Waals surface area contributed by atoms with Crippen molar-refractivity contribution in [3.63, 3.8) is 0 Å². The lowest BCUT2D eigenvalue weighted by Crippen LogP contribution is -2.18. The Morgan fingerprint density at radius 3 is 3.12 bits per heavy atom. The van der Waals surface area contributed by atoms with Gasteiger partial charge in [-0.25, -0.2) is 0 Å². The van der Waals surface area contributed by atoms with Gasteiger partial charge in [0.15, 0.2) is 0 Å². The number of rotatable bonds is 2. The number of hydrogen-bond acceptors (Lipinski definition) is 3. The fourth-order valence-corrected chi connectivity index (χ4v) is 3.60. The van der Waals surface area contributed by atoms with Gasteiger partial charge in [0, 0.05) is 17.5 Å². The average Bonchev–Trinajstić information content (AvgIpc) is 2.87. The first-order valence-electron chi connectivity index (χ1n) is 5.69. The molecule has 1 saturated heterocycles. The van der Waals surface area contributed by atoms with Crippen molar-refractivity contribution in [2.24, 2.45) is 0 Å². The summed E-state index contributed by atoms with van der Waals surface area (Å²) in [7, 11) is 0. The SMILES string of the molecule is O=C1Cc2cc(NC3CCSC3)c(Cl)cc2N1. The molecule has 2 aliphatic heterocycles. The van der Waals surface area contributed by atoms with Crippen LogP contribution in [0.4, 0.5) is 11.4 Å². The summed E-state index contributed by atoms with van der Waals surface area (Å²) in [6.45, 7) is 0. The fourth-order valence-electron chi connectivity index (χ4n) is 2.23. The summed E-state index contributed by atoms with van der Waals surface area (Å²) >= 11 is 8.17. The molecule has 2 aliphatic rings. The van der Waals surface area contributed by atoms with E-state index in [0.29, 0.717) is 17.5 Å². The maximum atomic E-state index is 11.3. The molecule has 0 saturated carbocycles. The summed E-state index contributed by atoms with van der Waals surface area (Å²) in [4.78, 5) is 11.3. The van der Waals surface area contributed by atoms with Crippen LogP contribution < -0.4 is 10.6 Å². The number of carbonyl (C=O) groups is 1. The van der Waals surface area contributed by atoms with Gasteiger partial charge >= 0.3 is 0 Å². The predicted octanol–water partition coefficient (Wildman–Crippen LogP) is 2.75. The lowest BCUT2D eigenvalue weighted by molar-refractivity contribution is -0.115. The highest BCUT2D eigenvalue weighted by molar-refractivity contribution is 7.99. The molecule has 1 aromatic carbocycles. The monoisotopic (exact) mass is 268 g/mol. The van der Waals surface area contributed by atoms with Crippen LogP contribution in [-0.2, 0) is 11.2 Å². The highest BCUT2D eigenvalue weighted by atomic mass is 35.5. The predicted molar refractivity (Wildman–Crippen MR) is 73.1 cm³/mol. The normalized spacial score (nSPS) is 22.4. The van der Waals surface area contributed by atoms with Crippen molar-refractivity contribution < 1.29 is 4.79 Å². The average molecular weight is 269 g/mol. The van der Waals surface area contributed by atoms with Crippen LogP contribution in [0.3, 0.4) is 0 Å². The standard InChI is InChI=1S/C12H13ClN2OS/c13-9-5-10-7(4-12(16)15-10)3-11(9)14-8-1-2-17-6-8/h3,5,8,14H,1-2,4,6H2,(H,15,16). The van der Waals surface area contributed by atoms with Gasteiger partial charge in [0.2, 0.25) is 5.91 Å². The second kappa shape index (κ2) is 4.42. The lowest BCUT2D eigenvalue weighted by atomic mass is 10.1. The highest BCUT2D eigenvalue weighted by Crippen LogP contribution is 2.34. The van der Waals surface area contributed by atoms with E-state index in [1.165, 1.54) is 12.2 Å². The van der Waals surface area contributed by atoms with Gasteiger partial charge in [-0.3, -0.25) is 4.79 Å². The lowest BCUT2D eigenvalue weighted by Gasteiger charge is -2.15. The number of anilines is 2. The smallest absolute Gasteiger partial charge is 0.228 e. The highest BCUT2D eigenvalue weighted by Gasteiger charge is 2.21. The van der Waals surface area contributed by atoms with Crippen LogP contribution in [0, 0.1) is 0 Å². The number of fused-ring (bicyclic) bond motifs is 1.